The monoisotopic (exact) mass is 222 g/mol. The molecule has 0 amide bonds. The molecule has 1 aliphatic rings. The van der Waals surface area contributed by atoms with Crippen LogP contribution in [0.1, 0.15) is 54.9 Å². The molecule has 1 aliphatic carbocycles. The summed E-state index contributed by atoms with van der Waals surface area (Å²) in [4.78, 5) is 0. The summed E-state index contributed by atoms with van der Waals surface area (Å²) in [6, 6.07) is 0. The Morgan fingerprint density at radius 2 is 1.62 bits per heavy atom. The van der Waals surface area contributed by atoms with Crippen LogP contribution in [0.4, 0.5) is 0 Å². The van der Waals surface area contributed by atoms with Crippen LogP contribution < -0.4 is 0 Å². The molecule has 1 rings (SSSR count). The maximum absolute atomic E-state index is 10.2. The molecule has 0 aromatic heterocycles. The van der Waals surface area contributed by atoms with Gasteiger partial charge in [-0.1, -0.05) is 54.5 Å². The van der Waals surface area contributed by atoms with Crippen LogP contribution in [0.2, 0.25) is 0 Å². The second-order valence-corrected chi connectivity index (χ2v) is 7.27. The minimum absolute atomic E-state index is 0.0276. The molecular weight excluding hydrogens is 196 g/mol. The first-order valence-electron chi connectivity index (χ1n) is 6.10. The highest BCUT2D eigenvalue weighted by atomic mass is 16.3. The first kappa shape index (κ1) is 13.3. The van der Waals surface area contributed by atoms with Gasteiger partial charge in [0.2, 0.25) is 0 Å². The smallest absolute Gasteiger partial charge is 0.115 e. The van der Waals surface area contributed by atoms with E-state index in [1.807, 2.05) is 6.08 Å². The van der Waals surface area contributed by atoms with Crippen molar-refractivity contribution in [2.75, 3.05) is 0 Å². The molecule has 0 saturated carbocycles. The maximum Gasteiger partial charge on any atom is 0.115 e. The normalized spacial score (nSPS) is 27.4. The van der Waals surface area contributed by atoms with Crippen molar-refractivity contribution in [1.82, 2.24) is 0 Å². The minimum atomic E-state index is 0.0276. The summed E-state index contributed by atoms with van der Waals surface area (Å²) in [6.07, 6.45) is 5.27. The minimum Gasteiger partial charge on any atom is -0.508 e. The van der Waals surface area contributed by atoms with Gasteiger partial charge in [0.25, 0.3) is 0 Å². The largest absolute Gasteiger partial charge is 0.508 e. The first-order chi connectivity index (χ1) is 6.97. The Labute approximate surface area is 100 Å². The van der Waals surface area contributed by atoms with Gasteiger partial charge in [0.05, 0.1) is 0 Å². The van der Waals surface area contributed by atoms with E-state index in [0.29, 0.717) is 5.76 Å². The molecule has 0 aromatic carbocycles. The van der Waals surface area contributed by atoms with E-state index in [2.05, 4.69) is 54.5 Å². The van der Waals surface area contributed by atoms with Crippen LogP contribution in [0.25, 0.3) is 0 Å². The summed E-state index contributed by atoms with van der Waals surface area (Å²) in [5.41, 5.74) is 1.32. The van der Waals surface area contributed by atoms with Gasteiger partial charge in [-0.15, -0.1) is 0 Å². The van der Waals surface area contributed by atoms with Gasteiger partial charge in [-0.3, -0.25) is 0 Å². The van der Waals surface area contributed by atoms with Gasteiger partial charge in [-0.2, -0.15) is 0 Å². The van der Waals surface area contributed by atoms with Gasteiger partial charge >= 0.3 is 0 Å². The predicted octanol–water partition coefficient (Wildman–Crippen LogP) is 4.86. The van der Waals surface area contributed by atoms with Crippen molar-refractivity contribution in [3.8, 4) is 0 Å². The van der Waals surface area contributed by atoms with Gasteiger partial charge in [-0.25, -0.2) is 0 Å². The van der Waals surface area contributed by atoms with E-state index >= 15 is 0 Å². The Hall–Kier alpha value is -0.720. The topological polar surface area (TPSA) is 20.2 Å². The van der Waals surface area contributed by atoms with Crippen molar-refractivity contribution in [3.05, 3.63) is 23.5 Å². The Kier molecular flexibility index (Phi) is 3.04. The lowest BCUT2D eigenvalue weighted by Crippen LogP contribution is -2.33. The Morgan fingerprint density at radius 3 is 1.94 bits per heavy atom. The molecule has 1 N–H and O–H groups in total. The van der Waals surface area contributed by atoms with E-state index in [1.165, 1.54) is 0 Å². The lowest BCUT2D eigenvalue weighted by Gasteiger charge is -2.42. The fraction of sp³-hybridized carbons (Fsp3) is 0.733. The summed E-state index contributed by atoms with van der Waals surface area (Å²) in [7, 11) is 0. The molecule has 0 saturated heterocycles. The SMILES string of the molecule is CC(C)(C)C1=CCC(C)(C(C)(C)C)C=C1O. The average molecular weight is 222 g/mol. The quantitative estimate of drug-likeness (QED) is 0.620. The van der Waals surface area contributed by atoms with E-state index in [1.54, 1.807) is 0 Å². The number of hydrogen-bond donors (Lipinski definition) is 1. The zero-order valence-electron chi connectivity index (χ0n) is 11.8. The van der Waals surface area contributed by atoms with Gasteiger partial charge in [0.1, 0.15) is 5.76 Å². The highest BCUT2D eigenvalue weighted by Crippen LogP contribution is 2.48. The number of hydrogen-bond acceptors (Lipinski definition) is 1. The van der Waals surface area contributed by atoms with Gasteiger partial charge < -0.3 is 5.11 Å². The van der Waals surface area contributed by atoms with E-state index < -0.39 is 0 Å². The molecule has 0 aliphatic heterocycles. The van der Waals surface area contributed by atoms with E-state index in [4.69, 9.17) is 0 Å². The van der Waals surface area contributed by atoms with Crippen LogP contribution in [0.3, 0.4) is 0 Å². The van der Waals surface area contributed by atoms with E-state index in [9.17, 15) is 5.11 Å². The van der Waals surface area contributed by atoms with Crippen molar-refractivity contribution in [3.63, 3.8) is 0 Å². The van der Waals surface area contributed by atoms with Crippen molar-refractivity contribution in [1.29, 1.82) is 0 Å². The fourth-order valence-corrected chi connectivity index (χ4v) is 2.07. The molecular formula is C15H26O. The standard InChI is InChI=1S/C15H26O/c1-13(2,3)11-8-9-15(7,10-12(11)16)14(4,5)6/h8,10,16H,9H2,1-7H3. The summed E-state index contributed by atoms with van der Waals surface area (Å²) in [5, 5.41) is 10.2. The average Bonchev–Trinajstić information content (AvgIpc) is 1.98. The van der Waals surface area contributed by atoms with Crippen LogP contribution in [-0.2, 0) is 0 Å². The van der Waals surface area contributed by atoms with E-state index in [0.717, 1.165) is 12.0 Å². The zero-order valence-corrected chi connectivity index (χ0v) is 11.8. The Morgan fingerprint density at radius 1 is 1.12 bits per heavy atom. The van der Waals surface area contributed by atoms with Gasteiger partial charge in [0, 0.05) is 0 Å². The summed E-state index contributed by atoms with van der Waals surface area (Å²) in [6.45, 7) is 15.3. The molecule has 92 valence electrons. The Bertz CT molecular complexity index is 333. The maximum atomic E-state index is 10.2. The fourth-order valence-electron chi connectivity index (χ4n) is 2.07. The highest BCUT2D eigenvalue weighted by Gasteiger charge is 2.38. The second-order valence-electron chi connectivity index (χ2n) is 7.27. The zero-order chi connectivity index (χ0) is 12.8. The van der Waals surface area contributed by atoms with Crippen molar-refractivity contribution >= 4 is 0 Å². The number of rotatable bonds is 0. The van der Waals surface area contributed by atoms with Crippen molar-refractivity contribution < 1.29 is 5.11 Å². The molecule has 0 bridgehead atoms. The molecule has 1 heteroatoms. The third-order valence-electron chi connectivity index (χ3n) is 3.98. The van der Waals surface area contributed by atoms with Gasteiger partial charge in [-0.05, 0) is 34.3 Å². The van der Waals surface area contributed by atoms with Crippen LogP contribution in [-0.4, -0.2) is 5.11 Å². The molecule has 1 unspecified atom stereocenters. The summed E-state index contributed by atoms with van der Waals surface area (Å²) >= 11 is 0. The molecule has 0 aromatic rings. The molecule has 1 atom stereocenters. The van der Waals surface area contributed by atoms with Gasteiger partial charge in [0.15, 0.2) is 0 Å². The first-order valence-corrected chi connectivity index (χ1v) is 6.10. The molecule has 0 spiro atoms. The molecule has 0 heterocycles. The van der Waals surface area contributed by atoms with Crippen molar-refractivity contribution in [2.24, 2.45) is 16.2 Å². The number of allylic oxidation sites excluding steroid dienone is 3. The second kappa shape index (κ2) is 3.65. The molecule has 0 radical (unpaired) electrons. The van der Waals surface area contributed by atoms with Crippen LogP contribution >= 0.6 is 0 Å². The summed E-state index contributed by atoms with van der Waals surface area (Å²) in [5.74, 6) is 0.469. The van der Waals surface area contributed by atoms with E-state index in [-0.39, 0.29) is 16.2 Å². The van der Waals surface area contributed by atoms with Crippen LogP contribution in [0, 0.1) is 16.2 Å². The Balaban J connectivity index is 3.08. The third-order valence-corrected chi connectivity index (χ3v) is 3.98. The number of aliphatic hydroxyl groups excluding tert-OH is 1. The summed E-state index contributed by atoms with van der Waals surface area (Å²) < 4.78 is 0. The molecule has 16 heavy (non-hydrogen) atoms. The van der Waals surface area contributed by atoms with Crippen LogP contribution in [0.15, 0.2) is 23.5 Å². The van der Waals surface area contributed by atoms with Crippen molar-refractivity contribution in [2.45, 2.75) is 54.9 Å². The molecule has 0 fully saturated rings. The third kappa shape index (κ3) is 2.34. The number of aliphatic hydroxyl groups is 1. The molecule has 1 nitrogen and oxygen atoms in total. The van der Waals surface area contributed by atoms with Crippen LogP contribution in [0.5, 0.6) is 0 Å². The lowest BCUT2D eigenvalue weighted by molar-refractivity contribution is 0.159. The predicted molar refractivity (Wildman–Crippen MR) is 70.4 cm³/mol. The lowest BCUT2D eigenvalue weighted by atomic mass is 9.62. The highest BCUT2D eigenvalue weighted by molar-refractivity contribution is 5.36.